The molecule has 2 amide bonds. The molecule has 0 saturated carbocycles. The number of aromatic nitrogens is 1. The number of fused-ring (bicyclic) bond motifs is 3. The summed E-state index contributed by atoms with van der Waals surface area (Å²) in [5.41, 5.74) is 2.19. The zero-order valence-corrected chi connectivity index (χ0v) is 16.4. The van der Waals surface area contributed by atoms with Gasteiger partial charge >= 0.3 is 0 Å². The summed E-state index contributed by atoms with van der Waals surface area (Å²) in [4.78, 5) is 31.2. The number of thiazole rings is 1. The van der Waals surface area contributed by atoms with E-state index in [1.807, 2.05) is 24.3 Å². The fraction of sp³-hybridized carbons (Fsp3) is 0. The van der Waals surface area contributed by atoms with Gasteiger partial charge in [-0.3, -0.25) is 14.9 Å². The summed E-state index contributed by atoms with van der Waals surface area (Å²) < 4.78 is 14.0. The monoisotopic (exact) mass is 421 g/mol. The van der Waals surface area contributed by atoms with Crippen LogP contribution in [0.1, 0.15) is 20.7 Å². The van der Waals surface area contributed by atoms with Crippen molar-refractivity contribution in [3.63, 3.8) is 0 Å². The summed E-state index contributed by atoms with van der Waals surface area (Å²) in [6.45, 7) is 0. The number of hydrogen-bond acceptors (Lipinski definition) is 5. The van der Waals surface area contributed by atoms with E-state index in [0.29, 0.717) is 32.2 Å². The lowest BCUT2D eigenvalue weighted by Crippen LogP contribution is -2.14. The van der Waals surface area contributed by atoms with Crippen LogP contribution in [0.2, 0.25) is 0 Å². The molecule has 8 heteroatoms. The molecule has 5 rings (SSSR count). The summed E-state index contributed by atoms with van der Waals surface area (Å²) in [6.07, 6.45) is 0. The van der Waals surface area contributed by atoms with Crippen molar-refractivity contribution in [3.8, 4) is 0 Å². The van der Waals surface area contributed by atoms with Crippen molar-refractivity contribution in [1.82, 2.24) is 4.98 Å². The maximum Gasteiger partial charge on any atom is 0.257 e. The molecule has 3 aromatic carbocycles. The topological polar surface area (TPSA) is 71.1 Å². The molecule has 1 aromatic heterocycles. The minimum Gasteiger partial charge on any atom is -0.321 e. The molecule has 4 aromatic rings. The Morgan fingerprint density at radius 3 is 2.79 bits per heavy atom. The third-order valence-electron chi connectivity index (χ3n) is 4.41. The first-order valence-corrected chi connectivity index (χ1v) is 10.3. The van der Waals surface area contributed by atoms with Crippen LogP contribution in [0.15, 0.2) is 70.5 Å². The van der Waals surface area contributed by atoms with Gasteiger partial charge in [0.05, 0.1) is 21.5 Å². The molecule has 2 N–H and O–H groups in total. The molecule has 5 nitrogen and oxygen atoms in total. The van der Waals surface area contributed by atoms with Gasteiger partial charge in [0.1, 0.15) is 5.82 Å². The van der Waals surface area contributed by atoms with Gasteiger partial charge < -0.3 is 5.32 Å². The molecule has 1 aliphatic rings. The first kappa shape index (κ1) is 17.8. The van der Waals surface area contributed by atoms with Gasteiger partial charge in [0.15, 0.2) is 5.13 Å². The van der Waals surface area contributed by atoms with E-state index in [2.05, 4.69) is 15.6 Å². The van der Waals surface area contributed by atoms with Crippen molar-refractivity contribution in [2.24, 2.45) is 0 Å². The Morgan fingerprint density at radius 2 is 1.90 bits per heavy atom. The minimum absolute atomic E-state index is 0.211. The molecule has 2 heterocycles. The molecule has 0 unspecified atom stereocenters. The second kappa shape index (κ2) is 6.98. The fourth-order valence-corrected chi connectivity index (χ4v) is 4.93. The van der Waals surface area contributed by atoms with Crippen LogP contribution < -0.4 is 10.6 Å². The second-order valence-electron chi connectivity index (χ2n) is 6.35. The summed E-state index contributed by atoms with van der Waals surface area (Å²) >= 11 is 2.68. The molecule has 0 atom stereocenters. The lowest BCUT2D eigenvalue weighted by molar-refractivity contribution is 0.101. The van der Waals surface area contributed by atoms with Gasteiger partial charge in [0.25, 0.3) is 11.8 Å². The average molecular weight is 421 g/mol. The van der Waals surface area contributed by atoms with Crippen LogP contribution >= 0.6 is 23.1 Å². The van der Waals surface area contributed by atoms with E-state index in [-0.39, 0.29) is 17.6 Å². The van der Waals surface area contributed by atoms with Gasteiger partial charge in [0.2, 0.25) is 0 Å². The van der Waals surface area contributed by atoms with E-state index >= 15 is 0 Å². The Kier molecular flexibility index (Phi) is 4.30. The fourth-order valence-electron chi connectivity index (χ4n) is 3.03. The Bertz CT molecular complexity index is 1300. The van der Waals surface area contributed by atoms with Crippen molar-refractivity contribution in [2.45, 2.75) is 9.79 Å². The standard InChI is InChI=1S/C21H12FN3O2S2/c22-12-6-7-14-18(10-12)29-21(24-14)25-19(26)11-5-8-17-15(9-11)23-20(27)13-3-1-2-4-16(13)28-17/h1-10H,(H,23,27)(H,24,25,26). The Morgan fingerprint density at radius 1 is 1.03 bits per heavy atom. The number of amides is 2. The van der Waals surface area contributed by atoms with Gasteiger partial charge in [-0.2, -0.15) is 0 Å². The van der Waals surface area contributed by atoms with Crippen LogP contribution in [0.25, 0.3) is 10.2 Å². The summed E-state index contributed by atoms with van der Waals surface area (Å²) in [6, 6.07) is 16.8. The van der Waals surface area contributed by atoms with Gasteiger partial charge in [-0.1, -0.05) is 35.2 Å². The van der Waals surface area contributed by atoms with E-state index in [1.54, 1.807) is 24.3 Å². The van der Waals surface area contributed by atoms with Crippen LogP contribution in [0.5, 0.6) is 0 Å². The first-order chi connectivity index (χ1) is 14.1. The zero-order chi connectivity index (χ0) is 20.0. The maximum atomic E-state index is 13.4. The second-order valence-corrected chi connectivity index (χ2v) is 8.46. The highest BCUT2D eigenvalue weighted by Crippen LogP contribution is 2.39. The normalized spacial score (nSPS) is 12.7. The largest absolute Gasteiger partial charge is 0.321 e. The lowest BCUT2D eigenvalue weighted by atomic mass is 10.1. The number of rotatable bonds is 2. The van der Waals surface area contributed by atoms with Gasteiger partial charge in [0, 0.05) is 15.4 Å². The molecule has 0 spiro atoms. The van der Waals surface area contributed by atoms with E-state index in [0.717, 1.165) is 9.79 Å². The van der Waals surface area contributed by atoms with Crippen molar-refractivity contribution in [1.29, 1.82) is 0 Å². The van der Waals surface area contributed by atoms with Crippen LogP contribution in [0, 0.1) is 5.82 Å². The molecular weight excluding hydrogens is 409 g/mol. The summed E-state index contributed by atoms with van der Waals surface area (Å²) in [7, 11) is 0. The van der Waals surface area contributed by atoms with E-state index < -0.39 is 0 Å². The molecule has 0 bridgehead atoms. The molecule has 0 radical (unpaired) electrons. The van der Waals surface area contributed by atoms with Crippen molar-refractivity contribution in [2.75, 3.05) is 10.6 Å². The number of halogens is 1. The lowest BCUT2D eigenvalue weighted by Gasteiger charge is -2.08. The predicted octanol–water partition coefficient (Wildman–Crippen LogP) is 5.40. The van der Waals surface area contributed by atoms with Gasteiger partial charge in [-0.25, -0.2) is 9.37 Å². The zero-order valence-electron chi connectivity index (χ0n) is 14.7. The smallest absolute Gasteiger partial charge is 0.257 e. The molecular formula is C21H12FN3O2S2. The molecule has 0 aliphatic carbocycles. The van der Waals surface area contributed by atoms with Crippen molar-refractivity contribution < 1.29 is 14.0 Å². The van der Waals surface area contributed by atoms with E-state index in [1.165, 1.54) is 35.2 Å². The number of nitrogens with zero attached hydrogens (tertiary/aromatic N) is 1. The SMILES string of the molecule is O=C(Nc1nc2ccc(F)cc2s1)c1ccc2c(c1)NC(=O)c1ccccc1S2. The highest BCUT2D eigenvalue weighted by Gasteiger charge is 2.21. The molecule has 142 valence electrons. The highest BCUT2D eigenvalue weighted by molar-refractivity contribution is 7.99. The third-order valence-corrected chi connectivity index (χ3v) is 6.50. The van der Waals surface area contributed by atoms with Gasteiger partial charge in [-0.15, -0.1) is 0 Å². The molecule has 29 heavy (non-hydrogen) atoms. The number of nitrogens with one attached hydrogen (secondary N) is 2. The number of carbonyl (C=O) groups is 2. The number of anilines is 2. The third kappa shape index (κ3) is 3.37. The van der Waals surface area contributed by atoms with Gasteiger partial charge in [-0.05, 0) is 48.5 Å². The Hall–Kier alpha value is -3.23. The Labute approximate surface area is 173 Å². The quantitative estimate of drug-likeness (QED) is 0.454. The van der Waals surface area contributed by atoms with E-state index in [4.69, 9.17) is 0 Å². The summed E-state index contributed by atoms with van der Waals surface area (Å²) in [5, 5.41) is 6.00. The first-order valence-electron chi connectivity index (χ1n) is 8.66. The van der Waals surface area contributed by atoms with Crippen LogP contribution in [-0.2, 0) is 0 Å². The van der Waals surface area contributed by atoms with Crippen LogP contribution in [0.4, 0.5) is 15.2 Å². The number of hydrogen-bond donors (Lipinski definition) is 2. The predicted molar refractivity (Wildman–Crippen MR) is 112 cm³/mol. The molecule has 1 aliphatic heterocycles. The van der Waals surface area contributed by atoms with E-state index in [9.17, 15) is 14.0 Å². The van der Waals surface area contributed by atoms with Crippen molar-refractivity contribution >= 4 is 55.9 Å². The average Bonchev–Trinajstić information content (AvgIpc) is 3.03. The molecule has 0 fully saturated rings. The van der Waals surface area contributed by atoms with Crippen LogP contribution in [0.3, 0.4) is 0 Å². The number of benzene rings is 3. The Balaban J connectivity index is 1.42. The molecule has 0 saturated heterocycles. The highest BCUT2D eigenvalue weighted by atomic mass is 32.2. The minimum atomic E-state index is -0.353. The maximum absolute atomic E-state index is 13.4. The van der Waals surface area contributed by atoms with Crippen LogP contribution in [-0.4, -0.2) is 16.8 Å². The number of carbonyl (C=O) groups excluding carboxylic acids is 2. The summed E-state index contributed by atoms with van der Waals surface area (Å²) in [5.74, 6) is -0.912. The van der Waals surface area contributed by atoms with Crippen molar-refractivity contribution in [3.05, 3.63) is 77.6 Å².